The van der Waals surface area contributed by atoms with Crippen LogP contribution in [0.1, 0.15) is 65.6 Å². The van der Waals surface area contributed by atoms with Crippen LogP contribution in [0, 0.1) is 6.92 Å². The zero-order valence-corrected chi connectivity index (χ0v) is 34.4. The lowest BCUT2D eigenvalue weighted by Gasteiger charge is -2.35. The van der Waals surface area contributed by atoms with Gasteiger partial charge in [0.25, 0.3) is 0 Å². The van der Waals surface area contributed by atoms with Gasteiger partial charge in [-0.05, 0) is 100 Å². The van der Waals surface area contributed by atoms with Crippen molar-refractivity contribution in [1.29, 1.82) is 0 Å². The third-order valence-electron chi connectivity index (χ3n) is 10.9. The summed E-state index contributed by atoms with van der Waals surface area (Å²) in [4.78, 5) is 0. The lowest BCUT2D eigenvalue weighted by molar-refractivity contribution is 0.358. The normalized spacial score (nSPS) is 13.3. The topological polar surface area (TPSA) is 18.5 Å². The summed E-state index contributed by atoms with van der Waals surface area (Å²) in [5.74, 6) is 3.10. The average Bonchev–Trinajstić information content (AvgIpc) is 3.62. The van der Waals surface area contributed by atoms with E-state index in [1.54, 1.807) is 0 Å². The highest BCUT2D eigenvalue weighted by atomic mass is 16.6. The fraction of sp³-hybridized carbons (Fsp3) is 0.123. The summed E-state index contributed by atoms with van der Waals surface area (Å²) in [6, 6.07) is 61.2. The second kappa shape index (κ2) is 19.0. The minimum atomic E-state index is -0.425. The molecule has 2 nitrogen and oxygen atoms in total. The maximum absolute atomic E-state index is 6.85. The van der Waals surface area contributed by atoms with Crippen molar-refractivity contribution in [2.45, 2.75) is 45.4 Å². The van der Waals surface area contributed by atoms with Crippen LogP contribution in [-0.4, -0.2) is 0 Å². The van der Waals surface area contributed by atoms with Crippen LogP contribution in [0.15, 0.2) is 213 Å². The van der Waals surface area contributed by atoms with Crippen LogP contribution in [0.5, 0.6) is 23.0 Å². The van der Waals surface area contributed by atoms with Crippen molar-refractivity contribution in [1.82, 2.24) is 0 Å². The Morgan fingerprint density at radius 1 is 0.610 bits per heavy atom. The predicted octanol–water partition coefficient (Wildman–Crippen LogP) is 15.8. The van der Waals surface area contributed by atoms with Gasteiger partial charge in [0, 0.05) is 5.56 Å². The number of aryl methyl sites for hydroxylation is 1. The minimum Gasteiger partial charge on any atom is -0.449 e. The van der Waals surface area contributed by atoms with Gasteiger partial charge in [-0.15, -0.1) is 6.58 Å². The van der Waals surface area contributed by atoms with Crippen molar-refractivity contribution in [3.05, 3.63) is 252 Å². The van der Waals surface area contributed by atoms with Crippen LogP contribution < -0.4 is 9.47 Å². The molecule has 0 N–H and O–H groups in total. The molecular formula is C57H52O2. The van der Waals surface area contributed by atoms with E-state index in [2.05, 4.69) is 154 Å². The van der Waals surface area contributed by atoms with Gasteiger partial charge in [0.15, 0.2) is 23.0 Å². The van der Waals surface area contributed by atoms with Crippen LogP contribution in [0.2, 0.25) is 0 Å². The molecule has 10 rings (SSSR count). The molecule has 0 amide bonds. The van der Waals surface area contributed by atoms with Crippen LogP contribution in [0.4, 0.5) is 0 Å². The van der Waals surface area contributed by atoms with Gasteiger partial charge in [0.1, 0.15) is 0 Å². The number of hydrogen-bond acceptors (Lipinski definition) is 2. The molecule has 7 aromatic rings. The van der Waals surface area contributed by atoms with Gasteiger partial charge < -0.3 is 9.47 Å². The summed E-state index contributed by atoms with van der Waals surface area (Å²) in [6.07, 6.45) is 11.4. The Labute approximate surface area is 351 Å². The molecule has 0 spiro atoms. The van der Waals surface area contributed by atoms with Gasteiger partial charge in [-0.3, -0.25) is 0 Å². The summed E-state index contributed by atoms with van der Waals surface area (Å²) in [7, 11) is 0. The van der Waals surface area contributed by atoms with E-state index in [1.165, 1.54) is 55.7 Å². The highest BCUT2D eigenvalue weighted by Crippen LogP contribution is 2.62. The minimum absolute atomic E-state index is 0.425. The lowest BCUT2D eigenvalue weighted by Crippen LogP contribution is -2.29. The molecule has 2 heteroatoms. The molecule has 0 saturated carbocycles. The SMILES string of the molecule is C=CCc1ccccc1.C=Cc1ccccc1.CC.Cc1ccccc1-c1ccc2c(c1)Oc1c(ccc3c1C1=C(C=CCC1)C3(c1ccccc1)c1ccccc1)O2. The molecule has 1 aliphatic heterocycles. The molecule has 0 aromatic heterocycles. The van der Waals surface area contributed by atoms with E-state index in [9.17, 15) is 0 Å². The van der Waals surface area contributed by atoms with Crippen molar-refractivity contribution in [3.63, 3.8) is 0 Å². The summed E-state index contributed by atoms with van der Waals surface area (Å²) in [5.41, 5.74) is 13.3. The summed E-state index contributed by atoms with van der Waals surface area (Å²) in [5, 5.41) is 0. The first-order valence-corrected chi connectivity index (χ1v) is 20.7. The summed E-state index contributed by atoms with van der Waals surface area (Å²) >= 11 is 0. The third kappa shape index (κ3) is 8.26. The highest BCUT2D eigenvalue weighted by Gasteiger charge is 2.49. The van der Waals surface area contributed by atoms with Gasteiger partial charge in [-0.1, -0.05) is 202 Å². The molecule has 59 heavy (non-hydrogen) atoms. The van der Waals surface area contributed by atoms with E-state index >= 15 is 0 Å². The Bertz CT molecular complexity index is 2520. The molecule has 0 unspecified atom stereocenters. The number of benzene rings is 7. The Morgan fingerprint density at radius 2 is 1.20 bits per heavy atom. The third-order valence-corrected chi connectivity index (χ3v) is 10.9. The molecular weight excluding hydrogens is 717 g/mol. The summed E-state index contributed by atoms with van der Waals surface area (Å²) < 4.78 is 13.4. The molecule has 1 heterocycles. The lowest BCUT2D eigenvalue weighted by atomic mass is 9.66. The predicted molar refractivity (Wildman–Crippen MR) is 249 cm³/mol. The number of rotatable bonds is 6. The highest BCUT2D eigenvalue weighted by molar-refractivity contribution is 5.92. The molecule has 0 fully saturated rings. The van der Waals surface area contributed by atoms with Crippen LogP contribution >= 0.6 is 0 Å². The standard InChI is InChI=1S/C38H28O2.C9H10.C8H8.C2H6/c1-25-12-8-9-17-29(25)26-20-22-33-35(24-26)40-37-34(39-33)23-21-32-36(37)30-18-10-11-19-31(30)38(32,27-13-4-2-5-14-27)28-15-6-3-7-16-28;1-2-6-9-7-4-3-5-8-9;1-2-8-6-4-3-5-7-8;1-2/h2-9,11-17,19-24H,10,18H2,1H3;2-5,7-8H,1,6H2;2-7H,1H2;1-2H3. The smallest absolute Gasteiger partial charge is 0.177 e. The van der Waals surface area contributed by atoms with Gasteiger partial charge in [0.05, 0.1) is 5.41 Å². The van der Waals surface area contributed by atoms with Gasteiger partial charge in [-0.2, -0.15) is 0 Å². The van der Waals surface area contributed by atoms with Gasteiger partial charge in [0.2, 0.25) is 0 Å². The van der Waals surface area contributed by atoms with E-state index in [4.69, 9.17) is 9.47 Å². The van der Waals surface area contributed by atoms with E-state index in [1.807, 2.05) is 80.6 Å². The maximum atomic E-state index is 6.85. The zero-order valence-electron chi connectivity index (χ0n) is 34.4. The Balaban J connectivity index is 0.000000230. The molecule has 3 aliphatic rings. The number of allylic oxidation sites excluding steroid dienone is 5. The molecule has 0 atom stereocenters. The molecule has 2 aliphatic carbocycles. The summed E-state index contributed by atoms with van der Waals surface area (Å²) in [6.45, 7) is 13.4. The number of fused-ring (bicyclic) bond motifs is 5. The van der Waals surface area contributed by atoms with Gasteiger partial charge >= 0.3 is 0 Å². The van der Waals surface area contributed by atoms with Crippen LogP contribution in [0.3, 0.4) is 0 Å². The first-order chi connectivity index (χ1) is 29.1. The van der Waals surface area contributed by atoms with E-state index < -0.39 is 5.41 Å². The van der Waals surface area contributed by atoms with Gasteiger partial charge in [-0.25, -0.2) is 0 Å². The number of hydrogen-bond donors (Lipinski definition) is 0. The van der Waals surface area contributed by atoms with Crippen molar-refractivity contribution in [2.75, 3.05) is 0 Å². The Kier molecular flexibility index (Phi) is 13.0. The molecule has 0 saturated heterocycles. The molecule has 0 bridgehead atoms. The average molecular weight is 769 g/mol. The van der Waals surface area contributed by atoms with Crippen molar-refractivity contribution in [2.24, 2.45) is 0 Å². The maximum Gasteiger partial charge on any atom is 0.177 e. The Morgan fingerprint density at radius 3 is 1.81 bits per heavy atom. The van der Waals surface area contributed by atoms with Crippen molar-refractivity contribution < 1.29 is 9.47 Å². The molecule has 0 radical (unpaired) electrons. The number of ether oxygens (including phenoxy) is 2. The second-order valence-corrected chi connectivity index (χ2v) is 14.4. The Hall–Kier alpha value is -6.90. The van der Waals surface area contributed by atoms with Crippen LogP contribution in [-0.2, 0) is 11.8 Å². The zero-order chi connectivity index (χ0) is 41.0. The monoisotopic (exact) mass is 768 g/mol. The van der Waals surface area contributed by atoms with Crippen LogP contribution in [0.25, 0.3) is 22.8 Å². The first kappa shape index (κ1) is 40.3. The van der Waals surface area contributed by atoms with Crippen molar-refractivity contribution >= 4 is 11.6 Å². The first-order valence-electron chi connectivity index (χ1n) is 20.7. The van der Waals surface area contributed by atoms with E-state index in [0.29, 0.717) is 0 Å². The largest absolute Gasteiger partial charge is 0.449 e. The molecule has 292 valence electrons. The van der Waals surface area contributed by atoms with E-state index in [-0.39, 0.29) is 0 Å². The van der Waals surface area contributed by atoms with E-state index in [0.717, 1.165) is 47.8 Å². The quantitative estimate of drug-likeness (QED) is 0.157. The second-order valence-electron chi connectivity index (χ2n) is 14.4. The fourth-order valence-electron chi connectivity index (χ4n) is 8.28. The van der Waals surface area contributed by atoms with Crippen molar-refractivity contribution in [3.8, 4) is 34.1 Å². The molecule has 7 aromatic carbocycles. The fourth-order valence-corrected chi connectivity index (χ4v) is 8.28.